The van der Waals surface area contributed by atoms with E-state index in [1.807, 2.05) is 18.7 Å². The summed E-state index contributed by atoms with van der Waals surface area (Å²) in [5.41, 5.74) is 0. The van der Waals surface area contributed by atoms with E-state index in [1.54, 1.807) is 6.92 Å². The van der Waals surface area contributed by atoms with Gasteiger partial charge in [-0.05, 0) is 26.7 Å². The van der Waals surface area contributed by atoms with Gasteiger partial charge in [0.15, 0.2) is 0 Å². The Morgan fingerprint density at radius 2 is 2.10 bits per heavy atom. The van der Waals surface area contributed by atoms with E-state index in [0.717, 1.165) is 12.8 Å². The maximum atomic E-state index is 12.0. The van der Waals surface area contributed by atoms with Gasteiger partial charge in [-0.2, -0.15) is 0 Å². The lowest BCUT2D eigenvalue weighted by atomic mass is 10.0. The van der Waals surface area contributed by atoms with Crippen LogP contribution in [0.3, 0.4) is 0 Å². The molecule has 0 spiro atoms. The van der Waals surface area contributed by atoms with Crippen molar-refractivity contribution in [1.29, 1.82) is 0 Å². The molecule has 1 aliphatic heterocycles. The van der Waals surface area contributed by atoms with Gasteiger partial charge in [0.05, 0.1) is 25.2 Å². The Balaban J connectivity index is 2.15. The Labute approximate surface area is 126 Å². The number of ether oxygens (including phenoxy) is 1. The Morgan fingerprint density at radius 1 is 1.38 bits per heavy atom. The minimum absolute atomic E-state index is 0.107. The molecule has 21 heavy (non-hydrogen) atoms. The van der Waals surface area contributed by atoms with Crippen LogP contribution in [0.4, 0.5) is 0 Å². The molecule has 0 aliphatic carbocycles. The number of carbonyl (C=O) groups excluding carboxylic acids is 1. The second-order valence-corrected chi connectivity index (χ2v) is 5.97. The Morgan fingerprint density at radius 3 is 2.71 bits per heavy atom. The third-order valence-electron chi connectivity index (χ3n) is 3.89. The number of aliphatic carboxylic acids is 1. The molecule has 0 saturated carbocycles. The summed E-state index contributed by atoms with van der Waals surface area (Å²) in [6.45, 7) is 7.99. The summed E-state index contributed by atoms with van der Waals surface area (Å²) >= 11 is 0. The third kappa shape index (κ3) is 6.91. The van der Waals surface area contributed by atoms with Crippen molar-refractivity contribution in [2.45, 2.75) is 52.2 Å². The van der Waals surface area contributed by atoms with Gasteiger partial charge in [0.25, 0.3) is 0 Å². The highest BCUT2D eigenvalue weighted by molar-refractivity contribution is 5.78. The van der Waals surface area contributed by atoms with Crippen molar-refractivity contribution in [1.82, 2.24) is 10.2 Å². The summed E-state index contributed by atoms with van der Waals surface area (Å²) in [4.78, 5) is 24.6. The first-order chi connectivity index (χ1) is 9.90. The van der Waals surface area contributed by atoms with Crippen LogP contribution in [0.2, 0.25) is 0 Å². The smallest absolute Gasteiger partial charge is 0.306 e. The Bertz CT molecular complexity index is 349. The average molecular weight is 300 g/mol. The fourth-order valence-corrected chi connectivity index (χ4v) is 2.37. The number of morpholine rings is 1. The summed E-state index contributed by atoms with van der Waals surface area (Å²) in [6, 6.07) is 0.216. The number of carbonyl (C=O) groups is 2. The molecule has 1 fully saturated rings. The minimum Gasteiger partial charge on any atom is -0.481 e. The molecule has 1 amide bonds. The first-order valence-corrected chi connectivity index (χ1v) is 7.75. The Kier molecular flexibility index (Phi) is 7.67. The van der Waals surface area contributed by atoms with Gasteiger partial charge in [0.1, 0.15) is 0 Å². The van der Waals surface area contributed by atoms with Crippen molar-refractivity contribution in [3.05, 3.63) is 0 Å². The minimum atomic E-state index is -0.743. The van der Waals surface area contributed by atoms with Crippen molar-refractivity contribution in [3.63, 3.8) is 0 Å². The molecule has 1 saturated heterocycles. The van der Waals surface area contributed by atoms with Crippen LogP contribution in [-0.2, 0) is 14.3 Å². The lowest BCUT2D eigenvalue weighted by Crippen LogP contribution is -2.48. The van der Waals surface area contributed by atoms with E-state index in [2.05, 4.69) is 5.32 Å². The lowest BCUT2D eigenvalue weighted by molar-refractivity contribution is -0.141. The fourth-order valence-electron chi connectivity index (χ4n) is 2.37. The maximum Gasteiger partial charge on any atom is 0.306 e. The summed E-state index contributed by atoms with van der Waals surface area (Å²) in [5.74, 6) is -0.934. The van der Waals surface area contributed by atoms with E-state index < -0.39 is 5.97 Å². The summed E-state index contributed by atoms with van der Waals surface area (Å²) < 4.78 is 5.42. The van der Waals surface area contributed by atoms with Gasteiger partial charge in [0, 0.05) is 19.1 Å². The van der Waals surface area contributed by atoms with Crippen LogP contribution in [0, 0.1) is 5.92 Å². The van der Waals surface area contributed by atoms with Crippen LogP contribution in [0.5, 0.6) is 0 Å². The molecule has 1 rings (SSSR count). The van der Waals surface area contributed by atoms with Crippen LogP contribution >= 0.6 is 0 Å². The number of carboxylic acid groups (broad SMARTS) is 1. The highest BCUT2D eigenvalue weighted by atomic mass is 16.5. The number of hydrogen-bond donors (Lipinski definition) is 2. The molecule has 1 heterocycles. The number of nitrogens with one attached hydrogen (secondary N) is 1. The predicted molar refractivity (Wildman–Crippen MR) is 80.1 cm³/mol. The van der Waals surface area contributed by atoms with Crippen LogP contribution in [0.25, 0.3) is 0 Å². The normalized spacial score (nSPS) is 21.9. The van der Waals surface area contributed by atoms with Crippen LogP contribution in [-0.4, -0.2) is 60.3 Å². The van der Waals surface area contributed by atoms with Crippen LogP contribution in [0.1, 0.15) is 40.0 Å². The van der Waals surface area contributed by atoms with Crippen LogP contribution < -0.4 is 5.32 Å². The highest BCUT2D eigenvalue weighted by Crippen LogP contribution is 2.10. The lowest BCUT2D eigenvalue weighted by Gasteiger charge is -2.31. The molecule has 0 aromatic heterocycles. The zero-order valence-corrected chi connectivity index (χ0v) is 13.3. The van der Waals surface area contributed by atoms with Gasteiger partial charge in [-0.1, -0.05) is 13.3 Å². The zero-order chi connectivity index (χ0) is 15.8. The molecular weight excluding hydrogens is 272 g/mol. The van der Waals surface area contributed by atoms with Gasteiger partial charge in [-0.25, -0.2) is 0 Å². The van der Waals surface area contributed by atoms with Gasteiger partial charge in [-0.3, -0.25) is 9.59 Å². The standard InChI is InChI=1S/C15H28N2O4/c1-11(15(19)20)5-4-6-12(2)16-9-14(18)17-7-8-21-13(3)10-17/h11-13,16H,4-10H2,1-3H3,(H,19,20). The molecule has 6 heteroatoms. The molecule has 122 valence electrons. The molecule has 0 radical (unpaired) electrons. The monoisotopic (exact) mass is 300 g/mol. The Hall–Kier alpha value is -1.14. The second kappa shape index (κ2) is 9.00. The molecule has 3 atom stereocenters. The summed E-state index contributed by atoms with van der Waals surface area (Å²) in [6.07, 6.45) is 2.52. The number of hydrogen-bond acceptors (Lipinski definition) is 4. The second-order valence-electron chi connectivity index (χ2n) is 5.97. The SMILES string of the molecule is CC(CCCC(C)C(=O)O)NCC(=O)N1CCOC(C)C1. The van der Waals surface area contributed by atoms with Crippen molar-refractivity contribution in [3.8, 4) is 0 Å². The number of rotatable bonds is 8. The van der Waals surface area contributed by atoms with E-state index in [4.69, 9.17) is 9.84 Å². The van der Waals surface area contributed by atoms with Crippen molar-refractivity contribution < 1.29 is 19.4 Å². The molecule has 6 nitrogen and oxygen atoms in total. The van der Waals surface area contributed by atoms with Crippen molar-refractivity contribution in [2.75, 3.05) is 26.2 Å². The number of amides is 1. The summed E-state index contributed by atoms with van der Waals surface area (Å²) in [7, 11) is 0. The molecular formula is C15H28N2O4. The highest BCUT2D eigenvalue weighted by Gasteiger charge is 2.21. The molecule has 3 unspecified atom stereocenters. The number of carboxylic acids is 1. The van der Waals surface area contributed by atoms with E-state index in [0.29, 0.717) is 32.7 Å². The van der Waals surface area contributed by atoms with Gasteiger partial charge >= 0.3 is 5.97 Å². The van der Waals surface area contributed by atoms with Crippen molar-refractivity contribution in [2.24, 2.45) is 5.92 Å². The quantitative estimate of drug-likeness (QED) is 0.702. The van der Waals surface area contributed by atoms with Crippen molar-refractivity contribution >= 4 is 11.9 Å². The maximum absolute atomic E-state index is 12.0. The molecule has 0 bridgehead atoms. The van der Waals surface area contributed by atoms with E-state index in [9.17, 15) is 9.59 Å². The van der Waals surface area contributed by atoms with E-state index in [-0.39, 0.29) is 24.0 Å². The number of nitrogens with zero attached hydrogens (tertiary/aromatic N) is 1. The molecule has 0 aromatic rings. The van der Waals surface area contributed by atoms with Crippen LogP contribution in [0.15, 0.2) is 0 Å². The van der Waals surface area contributed by atoms with E-state index >= 15 is 0 Å². The first-order valence-electron chi connectivity index (χ1n) is 7.75. The molecule has 1 aliphatic rings. The fraction of sp³-hybridized carbons (Fsp3) is 0.867. The van der Waals surface area contributed by atoms with Gasteiger partial charge in [0.2, 0.25) is 5.91 Å². The molecule has 2 N–H and O–H groups in total. The summed E-state index contributed by atoms with van der Waals surface area (Å²) in [5, 5.41) is 12.0. The van der Waals surface area contributed by atoms with Gasteiger partial charge in [-0.15, -0.1) is 0 Å². The topological polar surface area (TPSA) is 78.9 Å². The zero-order valence-electron chi connectivity index (χ0n) is 13.3. The largest absolute Gasteiger partial charge is 0.481 e. The molecule has 0 aromatic carbocycles. The van der Waals surface area contributed by atoms with Gasteiger partial charge < -0.3 is 20.1 Å². The average Bonchev–Trinajstić information content (AvgIpc) is 2.44. The van der Waals surface area contributed by atoms with E-state index in [1.165, 1.54) is 0 Å². The first kappa shape index (κ1) is 17.9. The predicted octanol–water partition coefficient (Wildman–Crippen LogP) is 1.10. The third-order valence-corrected chi connectivity index (χ3v) is 3.89.